The van der Waals surface area contributed by atoms with Crippen molar-refractivity contribution in [3.8, 4) is 11.3 Å². The zero-order valence-corrected chi connectivity index (χ0v) is 20.4. The van der Waals surface area contributed by atoms with Gasteiger partial charge in [0, 0.05) is 12.0 Å². The van der Waals surface area contributed by atoms with Gasteiger partial charge in [-0.1, -0.05) is 54.4 Å². The van der Waals surface area contributed by atoms with Crippen LogP contribution in [0, 0.1) is 6.92 Å². The van der Waals surface area contributed by atoms with E-state index in [1.54, 1.807) is 62.4 Å². The third-order valence-electron chi connectivity index (χ3n) is 5.72. The van der Waals surface area contributed by atoms with E-state index in [0.29, 0.717) is 39.4 Å². The lowest BCUT2D eigenvalue weighted by Crippen LogP contribution is -2.33. The average Bonchev–Trinajstić information content (AvgIpc) is 2.85. The first kappa shape index (κ1) is 24.2. The van der Waals surface area contributed by atoms with Gasteiger partial charge in [0.05, 0.1) is 27.4 Å². The van der Waals surface area contributed by atoms with Gasteiger partial charge in [-0.25, -0.2) is 4.98 Å². The summed E-state index contributed by atoms with van der Waals surface area (Å²) in [5, 5.41) is 6.06. The molecule has 1 heterocycles. The fourth-order valence-electron chi connectivity index (χ4n) is 3.83. The number of nitrogens with one attached hydrogen (secondary N) is 2. The number of rotatable bonds is 6. The number of para-hydroxylation sites is 3. The molecule has 2 N–H and O–H groups in total. The summed E-state index contributed by atoms with van der Waals surface area (Å²) in [7, 11) is 0. The molecular formula is C27H25ClN4O3. The smallest absolute Gasteiger partial charge is 0.278 e. The van der Waals surface area contributed by atoms with E-state index in [0.717, 1.165) is 5.56 Å². The molecule has 178 valence electrons. The third kappa shape index (κ3) is 4.95. The van der Waals surface area contributed by atoms with Crippen molar-refractivity contribution in [2.24, 2.45) is 0 Å². The number of carbonyl (C=O) groups excluding carboxylic acids is 2. The van der Waals surface area contributed by atoms with Crippen molar-refractivity contribution in [1.29, 1.82) is 0 Å². The number of halogens is 1. The lowest BCUT2D eigenvalue weighted by Gasteiger charge is -2.20. The molecule has 0 saturated heterocycles. The fourth-order valence-corrected chi connectivity index (χ4v) is 4.02. The van der Waals surface area contributed by atoms with E-state index in [4.69, 9.17) is 11.6 Å². The molecule has 1 atom stereocenters. The maximum Gasteiger partial charge on any atom is 0.278 e. The molecule has 0 aliphatic heterocycles. The normalized spacial score (nSPS) is 11.8. The molecule has 0 bridgehead atoms. The second kappa shape index (κ2) is 10.1. The van der Waals surface area contributed by atoms with Gasteiger partial charge in [-0.2, -0.15) is 0 Å². The molecule has 0 aliphatic rings. The van der Waals surface area contributed by atoms with Gasteiger partial charge in [0.15, 0.2) is 0 Å². The molecule has 0 radical (unpaired) electrons. The highest BCUT2D eigenvalue weighted by Gasteiger charge is 2.23. The molecule has 35 heavy (non-hydrogen) atoms. The predicted molar refractivity (Wildman–Crippen MR) is 140 cm³/mol. The van der Waals surface area contributed by atoms with Gasteiger partial charge in [-0.15, -0.1) is 0 Å². The highest BCUT2D eigenvalue weighted by atomic mass is 35.5. The topological polar surface area (TPSA) is 93.1 Å². The number of benzene rings is 3. The van der Waals surface area contributed by atoms with Crippen LogP contribution in [0.25, 0.3) is 22.3 Å². The van der Waals surface area contributed by atoms with Crippen molar-refractivity contribution in [1.82, 2.24) is 9.55 Å². The van der Waals surface area contributed by atoms with Crippen LogP contribution in [0.15, 0.2) is 71.5 Å². The Hall–Kier alpha value is -3.97. The first-order valence-corrected chi connectivity index (χ1v) is 11.7. The van der Waals surface area contributed by atoms with Crippen molar-refractivity contribution in [3.05, 3.63) is 87.7 Å². The van der Waals surface area contributed by atoms with Crippen LogP contribution in [0.4, 0.5) is 11.4 Å². The van der Waals surface area contributed by atoms with E-state index in [2.05, 4.69) is 15.6 Å². The Morgan fingerprint density at radius 2 is 1.71 bits per heavy atom. The molecular weight excluding hydrogens is 464 g/mol. The van der Waals surface area contributed by atoms with Crippen LogP contribution in [0.2, 0.25) is 5.02 Å². The zero-order chi connectivity index (χ0) is 25.1. The number of amides is 2. The Bertz CT molecular complexity index is 1500. The van der Waals surface area contributed by atoms with Crippen molar-refractivity contribution in [2.75, 3.05) is 10.6 Å². The van der Waals surface area contributed by atoms with Crippen LogP contribution in [0.1, 0.15) is 31.9 Å². The molecule has 1 aromatic heterocycles. The number of hydrogen-bond acceptors (Lipinski definition) is 4. The van der Waals surface area contributed by atoms with Crippen LogP contribution >= 0.6 is 11.6 Å². The Morgan fingerprint density at radius 1 is 1.00 bits per heavy atom. The van der Waals surface area contributed by atoms with Crippen molar-refractivity contribution in [3.63, 3.8) is 0 Å². The van der Waals surface area contributed by atoms with E-state index >= 15 is 0 Å². The van der Waals surface area contributed by atoms with Crippen LogP contribution in [-0.2, 0) is 9.59 Å². The van der Waals surface area contributed by atoms with E-state index in [1.165, 1.54) is 4.57 Å². The third-order valence-corrected chi connectivity index (χ3v) is 6.05. The Balaban J connectivity index is 1.88. The largest absolute Gasteiger partial charge is 0.325 e. The number of anilines is 2. The summed E-state index contributed by atoms with van der Waals surface area (Å²) in [6.07, 6.45) is 0.294. The molecule has 0 unspecified atom stereocenters. The molecule has 4 rings (SSSR count). The highest BCUT2D eigenvalue weighted by Crippen LogP contribution is 2.29. The zero-order valence-electron chi connectivity index (χ0n) is 19.6. The van der Waals surface area contributed by atoms with Gasteiger partial charge < -0.3 is 10.6 Å². The molecule has 4 aromatic rings. The Kier molecular flexibility index (Phi) is 6.98. The monoisotopic (exact) mass is 488 g/mol. The maximum atomic E-state index is 13.8. The van der Waals surface area contributed by atoms with Gasteiger partial charge in [-0.3, -0.25) is 19.0 Å². The maximum absolute atomic E-state index is 13.8. The number of fused-ring (bicyclic) bond motifs is 1. The lowest BCUT2D eigenvalue weighted by atomic mass is 10.1. The van der Waals surface area contributed by atoms with Gasteiger partial charge in [0.2, 0.25) is 11.8 Å². The number of carbonyl (C=O) groups is 2. The second-order valence-electron chi connectivity index (χ2n) is 8.22. The fraction of sp³-hybridized carbons (Fsp3) is 0.185. The average molecular weight is 489 g/mol. The summed E-state index contributed by atoms with van der Waals surface area (Å²) in [6, 6.07) is 18.6. The van der Waals surface area contributed by atoms with Crippen LogP contribution < -0.4 is 16.2 Å². The minimum Gasteiger partial charge on any atom is -0.325 e. The standard InChI is InChI=1S/C27H25ClN4O3/c1-4-24(33)29-20-14-13-16(2)15-18(20)25-27(35)32(23-12-8-7-11-22(23)30-25)17(3)26(34)31-21-10-6-5-9-19(21)28/h5-15,17H,4H2,1-3H3,(H,29,33)(H,31,34)/t17-/m0/s1. The van der Waals surface area contributed by atoms with Crippen molar-refractivity contribution in [2.45, 2.75) is 33.2 Å². The summed E-state index contributed by atoms with van der Waals surface area (Å²) in [5.41, 5.74) is 3.13. The SMILES string of the molecule is CCC(=O)Nc1ccc(C)cc1-c1nc2ccccc2n([C@@H](C)C(=O)Nc2ccccc2Cl)c1=O. The van der Waals surface area contributed by atoms with Crippen molar-refractivity contribution >= 4 is 45.8 Å². The second-order valence-corrected chi connectivity index (χ2v) is 8.63. The van der Waals surface area contributed by atoms with E-state index in [1.807, 2.05) is 25.1 Å². The highest BCUT2D eigenvalue weighted by molar-refractivity contribution is 6.33. The van der Waals surface area contributed by atoms with Crippen molar-refractivity contribution < 1.29 is 9.59 Å². The van der Waals surface area contributed by atoms with Crippen LogP contribution in [0.3, 0.4) is 0 Å². The summed E-state index contributed by atoms with van der Waals surface area (Å²) < 4.78 is 1.43. The lowest BCUT2D eigenvalue weighted by molar-refractivity contribution is -0.119. The minimum absolute atomic E-state index is 0.149. The molecule has 0 aliphatic carbocycles. The first-order valence-electron chi connectivity index (χ1n) is 11.3. The number of hydrogen-bond donors (Lipinski definition) is 2. The van der Waals surface area contributed by atoms with Gasteiger partial charge in [0.25, 0.3) is 5.56 Å². The Labute approximate surface area is 207 Å². The van der Waals surface area contributed by atoms with E-state index < -0.39 is 17.5 Å². The van der Waals surface area contributed by atoms with Gasteiger partial charge >= 0.3 is 0 Å². The molecule has 0 saturated carbocycles. The van der Waals surface area contributed by atoms with E-state index in [9.17, 15) is 14.4 Å². The number of nitrogens with zero attached hydrogens (tertiary/aromatic N) is 2. The summed E-state index contributed by atoms with van der Waals surface area (Å²) in [4.78, 5) is 43.8. The van der Waals surface area contributed by atoms with Gasteiger partial charge in [0.1, 0.15) is 11.7 Å². The Morgan fingerprint density at radius 3 is 2.46 bits per heavy atom. The van der Waals surface area contributed by atoms with Crippen LogP contribution in [-0.4, -0.2) is 21.4 Å². The summed E-state index contributed by atoms with van der Waals surface area (Å²) in [6.45, 7) is 5.30. The molecule has 2 amide bonds. The number of aryl methyl sites for hydroxylation is 1. The quantitative estimate of drug-likeness (QED) is 0.371. The van der Waals surface area contributed by atoms with E-state index in [-0.39, 0.29) is 11.6 Å². The molecule has 0 spiro atoms. The summed E-state index contributed by atoms with van der Waals surface area (Å²) in [5.74, 6) is -0.574. The van der Waals surface area contributed by atoms with Crippen LogP contribution in [0.5, 0.6) is 0 Å². The predicted octanol–water partition coefficient (Wildman–Crippen LogP) is 5.57. The molecule has 3 aromatic carbocycles. The molecule has 7 nitrogen and oxygen atoms in total. The first-order chi connectivity index (χ1) is 16.8. The molecule has 0 fully saturated rings. The van der Waals surface area contributed by atoms with Gasteiger partial charge in [-0.05, 0) is 50.2 Å². The summed E-state index contributed by atoms with van der Waals surface area (Å²) >= 11 is 6.21. The minimum atomic E-state index is -0.871. The molecule has 8 heteroatoms. The number of aromatic nitrogens is 2.